The van der Waals surface area contributed by atoms with E-state index in [1.807, 2.05) is 0 Å². The molecule has 0 spiro atoms. The maximum Gasteiger partial charge on any atom is 0.354 e. The maximum absolute atomic E-state index is 10.1. The number of hydrogen-bond acceptors (Lipinski definition) is 5. The van der Waals surface area contributed by atoms with Gasteiger partial charge in [-0.1, -0.05) is 5.16 Å². The van der Waals surface area contributed by atoms with Crippen LogP contribution in [-0.2, 0) is 0 Å². The third-order valence-electron chi connectivity index (χ3n) is 1.04. The van der Waals surface area contributed by atoms with Crippen LogP contribution in [-0.4, -0.2) is 10.1 Å². The summed E-state index contributed by atoms with van der Waals surface area (Å²) in [7, 11) is 0. The van der Waals surface area contributed by atoms with Gasteiger partial charge in [0.05, 0.1) is 4.92 Å². The maximum atomic E-state index is 10.1. The molecule has 0 radical (unpaired) electrons. The van der Waals surface area contributed by atoms with Crippen LogP contribution < -0.4 is 5.73 Å². The summed E-state index contributed by atoms with van der Waals surface area (Å²) < 4.78 is 4.44. The minimum atomic E-state index is -0.624. The Balaban J connectivity index is 3.23. The highest BCUT2D eigenvalue weighted by Crippen LogP contribution is 2.23. The van der Waals surface area contributed by atoms with E-state index in [4.69, 9.17) is 5.73 Å². The number of nitrogen functional groups attached to an aromatic ring is 1. The van der Waals surface area contributed by atoms with Crippen molar-refractivity contribution in [3.63, 3.8) is 0 Å². The van der Waals surface area contributed by atoms with Crippen LogP contribution in [0.4, 0.5) is 11.5 Å². The van der Waals surface area contributed by atoms with Gasteiger partial charge in [0.2, 0.25) is 11.6 Å². The number of nitrogens with zero attached hydrogens (tertiary/aromatic N) is 2. The highest BCUT2D eigenvalue weighted by molar-refractivity contribution is 5.53. The standard InChI is InChI=1S/C4H5N3O3/c1-2-3(7(8)9)4(5)6-10-2/h1H3,(H2,5,6). The van der Waals surface area contributed by atoms with Gasteiger partial charge in [0.15, 0.2) is 0 Å². The van der Waals surface area contributed by atoms with Crippen LogP contribution >= 0.6 is 0 Å². The lowest BCUT2D eigenvalue weighted by atomic mass is 10.4. The lowest BCUT2D eigenvalue weighted by molar-refractivity contribution is -0.385. The second-order valence-corrected chi connectivity index (χ2v) is 1.73. The molecule has 1 rings (SSSR count). The Kier molecular flexibility index (Phi) is 1.29. The summed E-state index contributed by atoms with van der Waals surface area (Å²) in [5, 5.41) is 13.3. The van der Waals surface area contributed by atoms with Crippen LogP contribution in [0.3, 0.4) is 0 Å². The van der Waals surface area contributed by atoms with Crippen molar-refractivity contribution in [2.75, 3.05) is 5.73 Å². The number of rotatable bonds is 1. The Morgan fingerprint density at radius 3 is 2.60 bits per heavy atom. The summed E-state index contributed by atoms with van der Waals surface area (Å²) in [5.74, 6) is -0.0509. The lowest BCUT2D eigenvalue weighted by Gasteiger charge is -1.83. The number of hydrogen-bond donors (Lipinski definition) is 1. The van der Waals surface area contributed by atoms with Crippen molar-refractivity contribution in [2.24, 2.45) is 0 Å². The SMILES string of the molecule is Cc1onc(N)c1[N+](=O)[O-]. The molecule has 1 aromatic heterocycles. The van der Waals surface area contributed by atoms with Gasteiger partial charge in [0, 0.05) is 6.92 Å². The zero-order valence-electron chi connectivity index (χ0n) is 5.20. The van der Waals surface area contributed by atoms with E-state index in [0.717, 1.165) is 0 Å². The van der Waals surface area contributed by atoms with Crippen LogP contribution in [0.1, 0.15) is 5.76 Å². The number of anilines is 1. The van der Waals surface area contributed by atoms with Crippen molar-refractivity contribution in [3.05, 3.63) is 15.9 Å². The Morgan fingerprint density at radius 2 is 2.40 bits per heavy atom. The van der Waals surface area contributed by atoms with Gasteiger partial charge in [-0.25, -0.2) is 0 Å². The zero-order chi connectivity index (χ0) is 7.72. The number of aromatic nitrogens is 1. The van der Waals surface area contributed by atoms with Gasteiger partial charge in [-0.2, -0.15) is 0 Å². The van der Waals surface area contributed by atoms with Crippen LogP contribution in [0.15, 0.2) is 4.52 Å². The fraction of sp³-hybridized carbons (Fsp3) is 0.250. The molecule has 1 heterocycles. The van der Waals surface area contributed by atoms with Gasteiger partial charge in [0.25, 0.3) is 0 Å². The Bertz CT molecular complexity index is 247. The van der Waals surface area contributed by atoms with Crippen molar-refractivity contribution >= 4 is 11.5 Å². The third kappa shape index (κ3) is 0.790. The smallest absolute Gasteiger partial charge is 0.354 e. The Hall–Kier alpha value is -1.59. The van der Waals surface area contributed by atoms with Gasteiger partial charge in [-0.3, -0.25) is 10.1 Å². The molecular formula is C4H5N3O3. The first-order valence-electron chi connectivity index (χ1n) is 2.49. The average Bonchev–Trinajstić information content (AvgIpc) is 2.11. The average molecular weight is 143 g/mol. The Morgan fingerprint density at radius 1 is 1.80 bits per heavy atom. The summed E-state index contributed by atoms with van der Waals surface area (Å²) in [6.07, 6.45) is 0. The molecule has 0 saturated heterocycles. The second-order valence-electron chi connectivity index (χ2n) is 1.73. The first kappa shape index (κ1) is 6.53. The van der Waals surface area contributed by atoms with Gasteiger partial charge in [0.1, 0.15) is 0 Å². The molecule has 0 aliphatic heterocycles. The molecule has 0 saturated carbocycles. The number of nitrogens with two attached hydrogens (primary N) is 1. The van der Waals surface area contributed by atoms with E-state index < -0.39 is 4.92 Å². The van der Waals surface area contributed by atoms with Crippen molar-refractivity contribution in [3.8, 4) is 0 Å². The van der Waals surface area contributed by atoms with E-state index in [-0.39, 0.29) is 17.3 Å². The van der Waals surface area contributed by atoms with Gasteiger partial charge >= 0.3 is 5.69 Å². The zero-order valence-corrected chi connectivity index (χ0v) is 5.20. The van der Waals surface area contributed by atoms with Crippen molar-refractivity contribution in [2.45, 2.75) is 6.92 Å². The molecule has 0 unspecified atom stereocenters. The quantitative estimate of drug-likeness (QED) is 0.455. The minimum Gasteiger partial charge on any atom is -0.375 e. The van der Waals surface area contributed by atoms with Crippen molar-refractivity contribution in [1.82, 2.24) is 5.16 Å². The lowest BCUT2D eigenvalue weighted by Crippen LogP contribution is -1.93. The van der Waals surface area contributed by atoms with Gasteiger partial charge in [-0.05, 0) is 0 Å². The summed E-state index contributed by atoms with van der Waals surface area (Å²) in [6, 6.07) is 0. The largest absolute Gasteiger partial charge is 0.375 e. The molecule has 0 bridgehead atoms. The summed E-state index contributed by atoms with van der Waals surface area (Å²) >= 11 is 0. The summed E-state index contributed by atoms with van der Waals surface area (Å²) in [5.41, 5.74) is 4.85. The number of aryl methyl sites for hydroxylation is 1. The highest BCUT2D eigenvalue weighted by atomic mass is 16.6. The van der Waals surface area contributed by atoms with Crippen LogP contribution in [0.5, 0.6) is 0 Å². The molecule has 0 aromatic carbocycles. The molecule has 0 atom stereocenters. The molecule has 1 aromatic rings. The first-order chi connectivity index (χ1) is 4.63. The van der Waals surface area contributed by atoms with E-state index >= 15 is 0 Å². The molecule has 0 aliphatic rings. The van der Waals surface area contributed by atoms with Gasteiger partial charge in [-0.15, -0.1) is 0 Å². The fourth-order valence-corrected chi connectivity index (χ4v) is 0.607. The van der Waals surface area contributed by atoms with Gasteiger partial charge < -0.3 is 10.3 Å². The fourth-order valence-electron chi connectivity index (χ4n) is 0.607. The van der Waals surface area contributed by atoms with Crippen molar-refractivity contribution < 1.29 is 9.45 Å². The third-order valence-corrected chi connectivity index (χ3v) is 1.04. The molecule has 2 N–H and O–H groups in total. The highest BCUT2D eigenvalue weighted by Gasteiger charge is 2.20. The topological polar surface area (TPSA) is 95.2 Å². The molecule has 0 fully saturated rings. The monoisotopic (exact) mass is 143 g/mol. The van der Waals surface area contributed by atoms with E-state index in [0.29, 0.717) is 0 Å². The first-order valence-corrected chi connectivity index (χ1v) is 2.49. The van der Waals surface area contributed by atoms with Crippen LogP contribution in [0.2, 0.25) is 0 Å². The van der Waals surface area contributed by atoms with E-state index in [9.17, 15) is 10.1 Å². The molecule has 6 heteroatoms. The predicted octanol–water partition coefficient (Wildman–Crippen LogP) is 0.473. The number of nitro groups is 1. The molecular weight excluding hydrogens is 138 g/mol. The summed E-state index contributed by atoms with van der Waals surface area (Å²) in [4.78, 5) is 9.51. The molecule has 0 aliphatic carbocycles. The normalized spacial score (nSPS) is 9.70. The molecule has 54 valence electrons. The predicted molar refractivity (Wildman–Crippen MR) is 32.3 cm³/mol. The molecule has 0 amide bonds. The van der Waals surface area contributed by atoms with Crippen molar-refractivity contribution in [1.29, 1.82) is 0 Å². The summed E-state index contributed by atoms with van der Waals surface area (Å²) in [6.45, 7) is 1.43. The van der Waals surface area contributed by atoms with E-state index in [1.54, 1.807) is 0 Å². The van der Waals surface area contributed by atoms with E-state index in [1.165, 1.54) is 6.92 Å². The molecule has 10 heavy (non-hydrogen) atoms. The minimum absolute atomic E-state index is 0.127. The van der Waals surface area contributed by atoms with Crippen LogP contribution in [0.25, 0.3) is 0 Å². The Labute approximate surface area is 55.8 Å². The molecule has 6 nitrogen and oxygen atoms in total. The van der Waals surface area contributed by atoms with E-state index in [2.05, 4.69) is 9.68 Å². The second kappa shape index (κ2) is 1.98. The van der Waals surface area contributed by atoms with Crippen LogP contribution in [0, 0.1) is 17.0 Å².